The molecule has 0 atom stereocenters. The fraction of sp³-hybridized carbons (Fsp3) is 0.111. The molecule has 2 heterocycles. The van der Waals surface area contributed by atoms with Crippen molar-refractivity contribution in [1.29, 1.82) is 0 Å². The van der Waals surface area contributed by atoms with Gasteiger partial charge in [-0.25, -0.2) is 4.39 Å². The number of benzene rings is 3. The van der Waals surface area contributed by atoms with E-state index in [1.165, 1.54) is 24.3 Å². The van der Waals surface area contributed by atoms with Crippen LogP contribution in [0, 0.1) is 19.7 Å². The van der Waals surface area contributed by atoms with Crippen molar-refractivity contribution in [2.45, 2.75) is 20.0 Å². The average molecular weight is 571 g/mol. The zero-order valence-corrected chi connectivity index (χ0v) is 21.5. The summed E-state index contributed by atoms with van der Waals surface area (Å²) in [6.07, 6.45) is -3.47. The van der Waals surface area contributed by atoms with Gasteiger partial charge in [0, 0.05) is 5.69 Å². The molecule has 3 N–H and O–H groups in total. The molecule has 0 aliphatic carbocycles. The third kappa shape index (κ3) is 4.91. The van der Waals surface area contributed by atoms with Crippen LogP contribution < -0.4 is 5.32 Å². The molecule has 0 bridgehead atoms. The Morgan fingerprint density at radius 3 is 2.35 bits per heavy atom. The smallest absolute Gasteiger partial charge is 0.416 e. The highest BCUT2D eigenvalue weighted by Gasteiger charge is 2.34. The number of azo groups is 1. The number of carbonyl (C=O) groups is 2. The van der Waals surface area contributed by atoms with Gasteiger partial charge in [-0.2, -0.15) is 13.2 Å². The summed E-state index contributed by atoms with van der Waals surface area (Å²) in [5, 5.41) is 30.5. The second kappa shape index (κ2) is 9.83. The van der Waals surface area contributed by atoms with Crippen LogP contribution in [0.3, 0.4) is 0 Å². The third-order valence-corrected chi connectivity index (χ3v) is 7.05. The molecule has 1 aliphatic rings. The number of aromatic hydroxyl groups is 2. The number of thioether (sulfide) groups is 1. The van der Waals surface area contributed by atoms with Gasteiger partial charge in [-0.3, -0.25) is 19.5 Å². The van der Waals surface area contributed by atoms with Crippen LogP contribution in [0.5, 0.6) is 11.6 Å². The number of hydrogen-bond donors (Lipinski definition) is 3. The molecule has 5 rings (SSSR count). The van der Waals surface area contributed by atoms with Crippen molar-refractivity contribution in [2.75, 3.05) is 0 Å². The summed E-state index contributed by atoms with van der Waals surface area (Å²) in [4.78, 5) is 23.2. The van der Waals surface area contributed by atoms with Gasteiger partial charge in [-0.1, -0.05) is 12.1 Å². The Balaban J connectivity index is 1.62. The Labute approximate surface area is 227 Å². The van der Waals surface area contributed by atoms with Crippen LogP contribution in [-0.4, -0.2) is 25.9 Å². The van der Waals surface area contributed by atoms with Gasteiger partial charge in [0.25, 0.3) is 11.1 Å². The molecule has 1 fully saturated rings. The highest BCUT2D eigenvalue weighted by Crippen LogP contribution is 2.45. The summed E-state index contributed by atoms with van der Waals surface area (Å²) in [6, 6.07) is 9.96. The number of hydrogen-bond acceptors (Lipinski definition) is 7. The highest BCUT2D eigenvalue weighted by molar-refractivity contribution is 8.18. The molecule has 0 saturated carbocycles. The summed E-state index contributed by atoms with van der Waals surface area (Å²) >= 11 is 0.696. The Kier molecular flexibility index (Phi) is 6.62. The van der Waals surface area contributed by atoms with E-state index < -0.39 is 51.4 Å². The number of nitrogens with one attached hydrogen (secondary N) is 1. The maximum absolute atomic E-state index is 15.2. The number of amides is 2. The Morgan fingerprint density at radius 2 is 1.73 bits per heavy atom. The minimum Gasteiger partial charge on any atom is -0.506 e. The first-order valence-corrected chi connectivity index (χ1v) is 12.4. The van der Waals surface area contributed by atoms with Crippen LogP contribution >= 0.6 is 11.8 Å². The number of imide groups is 1. The van der Waals surface area contributed by atoms with Crippen LogP contribution in [0.25, 0.3) is 22.7 Å². The SMILES string of the molecule is Cc1ccc(-n2c(O)c(N=Nc3ccc(/C=C4/SC(=O)NC4=O)cc3O)c3c(F)cc(C(F)(F)F)cc32)cc1C. The maximum Gasteiger partial charge on any atom is 0.416 e. The minimum absolute atomic E-state index is 0.111. The van der Waals surface area contributed by atoms with E-state index in [1.54, 1.807) is 25.1 Å². The topological polar surface area (TPSA) is 116 Å². The fourth-order valence-corrected chi connectivity index (χ4v) is 4.79. The predicted molar refractivity (Wildman–Crippen MR) is 141 cm³/mol. The lowest BCUT2D eigenvalue weighted by Gasteiger charge is -2.11. The number of aryl methyl sites for hydroxylation is 2. The molecule has 2 amide bonds. The third-order valence-electron chi connectivity index (χ3n) is 6.24. The second-order valence-corrected chi connectivity index (χ2v) is 9.94. The van der Waals surface area contributed by atoms with E-state index in [2.05, 4.69) is 15.5 Å². The second-order valence-electron chi connectivity index (χ2n) is 8.93. The van der Waals surface area contributed by atoms with Crippen molar-refractivity contribution in [3.05, 3.63) is 81.5 Å². The van der Waals surface area contributed by atoms with E-state index in [0.29, 0.717) is 29.5 Å². The summed E-state index contributed by atoms with van der Waals surface area (Å²) in [6.45, 7) is 3.62. The first kappa shape index (κ1) is 26.9. The predicted octanol–water partition coefficient (Wildman–Crippen LogP) is 7.56. The molecule has 4 aromatic rings. The van der Waals surface area contributed by atoms with E-state index in [1.807, 2.05) is 6.92 Å². The lowest BCUT2D eigenvalue weighted by molar-refractivity contribution is -0.137. The summed E-state index contributed by atoms with van der Waals surface area (Å²) in [7, 11) is 0. The van der Waals surface area contributed by atoms with Gasteiger partial charge in [0.15, 0.2) is 5.69 Å². The van der Waals surface area contributed by atoms with E-state index in [9.17, 15) is 33.0 Å². The lowest BCUT2D eigenvalue weighted by atomic mass is 10.1. The molecular formula is C27H18F4N4O4S. The quantitative estimate of drug-likeness (QED) is 0.133. The standard InChI is InChI=1S/C27H18F4N4O4S/c1-12-3-5-16(7-13(12)2)35-19-11-15(27(29,30)31)10-17(28)22(19)23(25(35)38)34-33-18-6-4-14(8-20(18)36)9-21-24(37)32-26(39)40-21/h3-11,36,38H,1-2H3,(H,32,37,39)/b21-9+,34-33?. The van der Waals surface area contributed by atoms with Gasteiger partial charge in [0.2, 0.25) is 5.88 Å². The molecule has 0 radical (unpaired) electrons. The number of phenols is 1. The fourth-order valence-electron chi connectivity index (χ4n) is 4.11. The molecule has 8 nitrogen and oxygen atoms in total. The lowest BCUT2D eigenvalue weighted by Crippen LogP contribution is -2.17. The summed E-state index contributed by atoms with van der Waals surface area (Å²) in [5.41, 5.74) is 0.240. The molecule has 0 unspecified atom stereocenters. The van der Waals surface area contributed by atoms with Crippen molar-refractivity contribution in [3.63, 3.8) is 0 Å². The van der Waals surface area contributed by atoms with Gasteiger partial charge in [0.05, 0.1) is 21.4 Å². The van der Waals surface area contributed by atoms with Crippen LogP contribution in [0.2, 0.25) is 0 Å². The molecule has 40 heavy (non-hydrogen) atoms. The van der Waals surface area contributed by atoms with E-state index in [0.717, 1.165) is 15.7 Å². The summed E-state index contributed by atoms with van der Waals surface area (Å²) in [5.74, 6) is -2.91. The number of fused-ring (bicyclic) bond motifs is 1. The normalized spacial score (nSPS) is 15.1. The van der Waals surface area contributed by atoms with Gasteiger partial charge >= 0.3 is 6.18 Å². The number of rotatable bonds is 4. The first-order chi connectivity index (χ1) is 18.8. The number of carbonyl (C=O) groups excluding carboxylic acids is 2. The number of alkyl halides is 3. The molecule has 0 spiro atoms. The van der Waals surface area contributed by atoms with E-state index in [4.69, 9.17) is 0 Å². The monoisotopic (exact) mass is 570 g/mol. The molecule has 204 valence electrons. The Bertz CT molecular complexity index is 1790. The first-order valence-electron chi connectivity index (χ1n) is 11.5. The molecule has 1 aromatic heterocycles. The van der Waals surface area contributed by atoms with Gasteiger partial charge in [0.1, 0.15) is 17.3 Å². The highest BCUT2D eigenvalue weighted by atomic mass is 32.2. The van der Waals surface area contributed by atoms with Crippen molar-refractivity contribution in [1.82, 2.24) is 9.88 Å². The largest absolute Gasteiger partial charge is 0.506 e. The van der Waals surface area contributed by atoms with Crippen molar-refractivity contribution in [3.8, 4) is 17.3 Å². The van der Waals surface area contributed by atoms with Crippen molar-refractivity contribution < 1.29 is 37.4 Å². The maximum atomic E-state index is 15.2. The number of phenolic OH excluding ortho intramolecular Hbond substituents is 1. The number of halogens is 4. The average Bonchev–Trinajstić information content (AvgIpc) is 3.34. The van der Waals surface area contributed by atoms with Gasteiger partial charge < -0.3 is 10.2 Å². The van der Waals surface area contributed by atoms with Crippen molar-refractivity contribution >= 4 is 51.3 Å². The van der Waals surface area contributed by atoms with Crippen molar-refractivity contribution in [2.24, 2.45) is 10.2 Å². The zero-order chi connectivity index (χ0) is 28.9. The molecule has 13 heteroatoms. The number of aromatic nitrogens is 1. The van der Waals surface area contributed by atoms with E-state index in [-0.39, 0.29) is 21.8 Å². The summed E-state index contributed by atoms with van der Waals surface area (Å²) < 4.78 is 56.8. The van der Waals surface area contributed by atoms with Gasteiger partial charge in [-0.05, 0) is 84.8 Å². The van der Waals surface area contributed by atoms with Crippen LogP contribution in [0.1, 0.15) is 22.3 Å². The van der Waals surface area contributed by atoms with Crippen LogP contribution in [0.15, 0.2) is 63.7 Å². The zero-order valence-electron chi connectivity index (χ0n) is 20.7. The molecule has 1 saturated heterocycles. The molecular weight excluding hydrogens is 552 g/mol. The minimum atomic E-state index is -4.85. The number of nitrogens with zero attached hydrogens (tertiary/aromatic N) is 3. The Morgan fingerprint density at radius 1 is 0.975 bits per heavy atom. The van der Waals surface area contributed by atoms with Crippen LogP contribution in [0.4, 0.5) is 33.7 Å². The van der Waals surface area contributed by atoms with E-state index >= 15 is 4.39 Å². The molecule has 1 aliphatic heterocycles. The Hall–Kier alpha value is -4.65. The van der Waals surface area contributed by atoms with Gasteiger partial charge in [-0.15, -0.1) is 10.2 Å². The van der Waals surface area contributed by atoms with Crippen LogP contribution in [-0.2, 0) is 11.0 Å². The molecule has 3 aromatic carbocycles.